The molecular weight excluding hydrogens is 210 g/mol. The minimum Gasteiger partial charge on any atom is -0.369 e. The highest BCUT2D eigenvalue weighted by molar-refractivity contribution is 5.35. The van der Waals surface area contributed by atoms with Gasteiger partial charge in [0.15, 0.2) is 0 Å². The van der Waals surface area contributed by atoms with Crippen molar-refractivity contribution >= 4 is 5.82 Å². The molecule has 0 aliphatic heterocycles. The largest absolute Gasteiger partial charge is 0.369 e. The van der Waals surface area contributed by atoms with Gasteiger partial charge in [0, 0.05) is 12.7 Å². The number of hydrogen-bond acceptors (Lipinski definition) is 3. The van der Waals surface area contributed by atoms with Gasteiger partial charge >= 0.3 is 0 Å². The van der Waals surface area contributed by atoms with Crippen molar-refractivity contribution in [3.8, 4) is 0 Å². The van der Waals surface area contributed by atoms with Crippen molar-refractivity contribution in [2.45, 2.75) is 39.0 Å². The van der Waals surface area contributed by atoms with E-state index in [0.29, 0.717) is 5.41 Å². The first kappa shape index (κ1) is 12.4. The minimum absolute atomic E-state index is 0.296. The maximum Gasteiger partial charge on any atom is 0.125 e. The Labute approximate surface area is 104 Å². The Morgan fingerprint density at radius 2 is 2.06 bits per heavy atom. The number of nitrogens with two attached hydrogens (primary N) is 1. The molecule has 0 spiro atoms. The molecule has 0 bridgehead atoms. The minimum atomic E-state index is 0.296. The number of anilines is 1. The molecule has 0 aromatic carbocycles. The molecule has 0 unspecified atom stereocenters. The Morgan fingerprint density at radius 3 is 2.65 bits per heavy atom. The number of nitrogens with zero attached hydrogens (tertiary/aromatic N) is 1. The number of aryl methyl sites for hydroxylation is 1. The summed E-state index contributed by atoms with van der Waals surface area (Å²) in [6.45, 7) is 3.80. The highest BCUT2D eigenvalue weighted by atomic mass is 15.0. The van der Waals surface area contributed by atoms with E-state index in [0.717, 1.165) is 18.9 Å². The topological polar surface area (TPSA) is 50.9 Å². The molecule has 94 valence electrons. The van der Waals surface area contributed by atoms with E-state index in [1.807, 2.05) is 12.3 Å². The van der Waals surface area contributed by atoms with Crippen LogP contribution >= 0.6 is 0 Å². The summed E-state index contributed by atoms with van der Waals surface area (Å²) in [5.41, 5.74) is 7.46. The summed E-state index contributed by atoms with van der Waals surface area (Å²) in [5.74, 6) is 0.967. The summed E-state index contributed by atoms with van der Waals surface area (Å²) in [6.07, 6.45) is 8.41. The van der Waals surface area contributed by atoms with E-state index in [9.17, 15) is 0 Å². The zero-order valence-electron chi connectivity index (χ0n) is 10.7. The number of rotatable bonds is 4. The van der Waals surface area contributed by atoms with Crippen LogP contribution in [0.2, 0.25) is 0 Å². The van der Waals surface area contributed by atoms with E-state index >= 15 is 0 Å². The molecule has 0 saturated heterocycles. The Bertz CT molecular complexity index is 339. The van der Waals surface area contributed by atoms with Gasteiger partial charge in [-0.05, 0) is 43.4 Å². The quantitative estimate of drug-likeness (QED) is 0.840. The van der Waals surface area contributed by atoms with Crippen LogP contribution in [0.25, 0.3) is 0 Å². The first-order valence-electron chi connectivity index (χ1n) is 6.61. The fraction of sp³-hybridized carbons (Fsp3) is 0.643. The van der Waals surface area contributed by atoms with Crippen LogP contribution in [0.15, 0.2) is 18.3 Å². The SMILES string of the molecule is Cc1ccc(NCC2(CN)CCCCC2)nc1. The molecule has 1 fully saturated rings. The molecule has 3 N–H and O–H groups in total. The molecule has 3 heteroatoms. The molecule has 17 heavy (non-hydrogen) atoms. The Morgan fingerprint density at radius 1 is 1.29 bits per heavy atom. The fourth-order valence-corrected chi connectivity index (χ4v) is 2.61. The van der Waals surface area contributed by atoms with Gasteiger partial charge in [0.2, 0.25) is 0 Å². The average molecular weight is 233 g/mol. The molecule has 1 heterocycles. The zero-order chi connectivity index (χ0) is 12.1. The van der Waals surface area contributed by atoms with Crippen LogP contribution in [-0.4, -0.2) is 18.1 Å². The molecular formula is C14H23N3. The van der Waals surface area contributed by atoms with Crippen LogP contribution in [0.3, 0.4) is 0 Å². The summed E-state index contributed by atoms with van der Waals surface area (Å²) in [4.78, 5) is 4.38. The van der Waals surface area contributed by atoms with Crippen molar-refractivity contribution < 1.29 is 0 Å². The molecule has 1 aromatic heterocycles. The average Bonchev–Trinajstić information content (AvgIpc) is 2.39. The summed E-state index contributed by atoms with van der Waals surface area (Å²) in [7, 11) is 0. The second-order valence-electron chi connectivity index (χ2n) is 5.34. The molecule has 0 radical (unpaired) electrons. The van der Waals surface area contributed by atoms with E-state index in [4.69, 9.17) is 5.73 Å². The van der Waals surface area contributed by atoms with Crippen LogP contribution in [-0.2, 0) is 0 Å². The number of aromatic nitrogens is 1. The van der Waals surface area contributed by atoms with Gasteiger partial charge in [0.25, 0.3) is 0 Å². The number of nitrogens with one attached hydrogen (secondary N) is 1. The summed E-state index contributed by atoms with van der Waals surface area (Å²) < 4.78 is 0. The van der Waals surface area contributed by atoms with E-state index in [1.54, 1.807) is 0 Å². The van der Waals surface area contributed by atoms with Crippen molar-refractivity contribution in [3.63, 3.8) is 0 Å². The van der Waals surface area contributed by atoms with Crippen molar-refractivity contribution in [3.05, 3.63) is 23.9 Å². The van der Waals surface area contributed by atoms with Gasteiger partial charge in [0.05, 0.1) is 0 Å². The maximum atomic E-state index is 5.97. The van der Waals surface area contributed by atoms with Gasteiger partial charge in [-0.15, -0.1) is 0 Å². The second-order valence-corrected chi connectivity index (χ2v) is 5.34. The third-order valence-corrected chi connectivity index (χ3v) is 3.90. The normalized spacial score (nSPS) is 18.9. The van der Waals surface area contributed by atoms with Gasteiger partial charge in [-0.25, -0.2) is 4.98 Å². The van der Waals surface area contributed by atoms with Gasteiger partial charge in [0.1, 0.15) is 5.82 Å². The van der Waals surface area contributed by atoms with Crippen LogP contribution in [0.1, 0.15) is 37.7 Å². The first-order chi connectivity index (χ1) is 8.24. The predicted octanol–water partition coefficient (Wildman–Crippen LogP) is 2.71. The zero-order valence-corrected chi connectivity index (χ0v) is 10.7. The van der Waals surface area contributed by atoms with Crippen LogP contribution in [0, 0.1) is 12.3 Å². The lowest BCUT2D eigenvalue weighted by molar-refractivity contribution is 0.215. The van der Waals surface area contributed by atoms with Crippen molar-refractivity contribution in [1.82, 2.24) is 4.98 Å². The van der Waals surface area contributed by atoms with Gasteiger partial charge in [-0.2, -0.15) is 0 Å². The van der Waals surface area contributed by atoms with E-state index < -0.39 is 0 Å². The van der Waals surface area contributed by atoms with E-state index in [-0.39, 0.29) is 0 Å². The smallest absolute Gasteiger partial charge is 0.125 e. The van der Waals surface area contributed by atoms with Crippen molar-refractivity contribution in [2.75, 3.05) is 18.4 Å². The van der Waals surface area contributed by atoms with Crippen LogP contribution in [0.4, 0.5) is 5.82 Å². The van der Waals surface area contributed by atoms with Gasteiger partial charge < -0.3 is 11.1 Å². The molecule has 0 amide bonds. The molecule has 1 aromatic rings. The monoisotopic (exact) mass is 233 g/mol. The molecule has 1 aliphatic rings. The lowest BCUT2D eigenvalue weighted by Gasteiger charge is -2.36. The Kier molecular flexibility index (Phi) is 4.00. The fourth-order valence-electron chi connectivity index (χ4n) is 2.61. The van der Waals surface area contributed by atoms with Gasteiger partial charge in [-0.3, -0.25) is 0 Å². The molecule has 1 saturated carbocycles. The number of pyridine rings is 1. The highest BCUT2D eigenvalue weighted by Crippen LogP contribution is 2.35. The Hall–Kier alpha value is -1.09. The molecule has 2 rings (SSSR count). The summed E-state index contributed by atoms with van der Waals surface area (Å²) >= 11 is 0. The van der Waals surface area contributed by atoms with Crippen molar-refractivity contribution in [1.29, 1.82) is 0 Å². The third kappa shape index (κ3) is 3.19. The third-order valence-electron chi connectivity index (χ3n) is 3.90. The standard InChI is InChI=1S/C14H23N3/c1-12-5-6-13(16-9-12)17-11-14(10-15)7-3-2-4-8-14/h5-6,9H,2-4,7-8,10-11,15H2,1H3,(H,16,17). The number of hydrogen-bond donors (Lipinski definition) is 2. The Balaban J connectivity index is 1.93. The maximum absolute atomic E-state index is 5.97. The lowest BCUT2D eigenvalue weighted by atomic mass is 9.74. The second kappa shape index (κ2) is 5.50. The van der Waals surface area contributed by atoms with E-state index in [2.05, 4.69) is 23.3 Å². The summed E-state index contributed by atoms with van der Waals surface area (Å²) in [5, 5.41) is 3.44. The van der Waals surface area contributed by atoms with Crippen LogP contribution in [0.5, 0.6) is 0 Å². The molecule has 1 aliphatic carbocycles. The molecule has 3 nitrogen and oxygen atoms in total. The highest BCUT2D eigenvalue weighted by Gasteiger charge is 2.30. The summed E-state index contributed by atoms with van der Waals surface area (Å²) in [6, 6.07) is 4.13. The predicted molar refractivity (Wildman–Crippen MR) is 72.0 cm³/mol. The van der Waals surface area contributed by atoms with Crippen LogP contribution < -0.4 is 11.1 Å². The first-order valence-corrected chi connectivity index (χ1v) is 6.61. The van der Waals surface area contributed by atoms with Gasteiger partial charge in [-0.1, -0.05) is 25.3 Å². The van der Waals surface area contributed by atoms with Crippen molar-refractivity contribution in [2.24, 2.45) is 11.1 Å². The van der Waals surface area contributed by atoms with E-state index in [1.165, 1.54) is 37.7 Å². The molecule has 0 atom stereocenters. The lowest BCUT2D eigenvalue weighted by Crippen LogP contribution is -2.39.